The molecule has 0 radical (unpaired) electrons. The van der Waals surface area contributed by atoms with Crippen LogP contribution >= 0.6 is 0 Å². The lowest BCUT2D eigenvalue weighted by atomic mass is 10.1. The van der Waals surface area contributed by atoms with Gasteiger partial charge in [0.1, 0.15) is 5.82 Å². The summed E-state index contributed by atoms with van der Waals surface area (Å²) in [6, 6.07) is 13.7. The summed E-state index contributed by atoms with van der Waals surface area (Å²) in [5.74, 6) is -0.409. The first kappa shape index (κ1) is 17.6. The van der Waals surface area contributed by atoms with Crippen molar-refractivity contribution in [1.82, 2.24) is 10.2 Å². The number of carbonyl (C=O) groups excluding carboxylic acids is 1. The Morgan fingerprint density at radius 2 is 1.76 bits per heavy atom. The topological polar surface area (TPSA) is 41.6 Å². The first-order chi connectivity index (χ1) is 12.1. The predicted octanol–water partition coefficient (Wildman–Crippen LogP) is 3.15. The van der Waals surface area contributed by atoms with Crippen LogP contribution < -0.4 is 5.32 Å². The largest absolute Gasteiger partial charge is 0.379 e. The van der Waals surface area contributed by atoms with Crippen molar-refractivity contribution in [2.75, 3.05) is 26.3 Å². The third-order valence-electron chi connectivity index (χ3n) is 4.44. The van der Waals surface area contributed by atoms with Crippen LogP contribution in [0.1, 0.15) is 34.5 Å². The second-order valence-electron chi connectivity index (χ2n) is 6.33. The van der Waals surface area contributed by atoms with E-state index >= 15 is 0 Å². The highest BCUT2D eigenvalue weighted by molar-refractivity contribution is 5.94. The molecule has 1 fully saturated rings. The zero-order chi connectivity index (χ0) is 17.6. The molecule has 25 heavy (non-hydrogen) atoms. The Kier molecular flexibility index (Phi) is 5.79. The van der Waals surface area contributed by atoms with Gasteiger partial charge in [-0.05, 0) is 42.3 Å². The third-order valence-corrected chi connectivity index (χ3v) is 4.44. The Balaban J connectivity index is 1.57. The number of halogens is 1. The monoisotopic (exact) mass is 342 g/mol. The number of nitrogens with zero attached hydrogens (tertiary/aromatic N) is 1. The van der Waals surface area contributed by atoms with E-state index < -0.39 is 0 Å². The quantitative estimate of drug-likeness (QED) is 0.908. The maximum atomic E-state index is 13.0. The number of hydrogen-bond acceptors (Lipinski definition) is 3. The molecule has 1 amide bonds. The molecule has 2 aromatic carbocycles. The molecular weight excluding hydrogens is 319 g/mol. The summed E-state index contributed by atoms with van der Waals surface area (Å²) in [6.07, 6.45) is 0. The lowest BCUT2D eigenvalue weighted by Gasteiger charge is -2.26. The van der Waals surface area contributed by atoms with E-state index in [1.54, 1.807) is 12.1 Å². The lowest BCUT2D eigenvalue weighted by molar-refractivity contribution is 0.0342. The van der Waals surface area contributed by atoms with Gasteiger partial charge in [-0.1, -0.05) is 24.3 Å². The van der Waals surface area contributed by atoms with Crippen molar-refractivity contribution in [2.24, 2.45) is 0 Å². The fraction of sp³-hybridized carbons (Fsp3) is 0.350. The molecule has 4 nitrogen and oxygen atoms in total. The Morgan fingerprint density at radius 1 is 1.12 bits per heavy atom. The van der Waals surface area contributed by atoms with Crippen LogP contribution in [0.25, 0.3) is 0 Å². The number of amides is 1. The highest BCUT2D eigenvalue weighted by Gasteiger charge is 2.13. The molecule has 2 aromatic rings. The number of morpholine rings is 1. The third kappa shape index (κ3) is 4.87. The summed E-state index contributed by atoms with van der Waals surface area (Å²) in [5, 5.41) is 2.94. The van der Waals surface area contributed by atoms with E-state index in [4.69, 9.17) is 4.74 Å². The first-order valence-corrected chi connectivity index (χ1v) is 8.57. The molecular formula is C20H23FN2O2. The second-order valence-corrected chi connectivity index (χ2v) is 6.33. The van der Waals surface area contributed by atoms with Crippen molar-refractivity contribution in [3.63, 3.8) is 0 Å². The molecule has 132 valence electrons. The lowest BCUT2D eigenvalue weighted by Crippen LogP contribution is -2.35. The standard InChI is InChI=1S/C20H23FN2O2/c1-15(17-6-8-19(21)9-7-17)22-20(24)18-4-2-16(3-5-18)14-23-10-12-25-13-11-23/h2-9,15H,10-14H2,1H3,(H,22,24). The van der Waals surface area contributed by atoms with Gasteiger partial charge in [-0.3, -0.25) is 9.69 Å². The molecule has 0 spiro atoms. The normalized spacial score (nSPS) is 16.4. The molecule has 1 aliphatic rings. The van der Waals surface area contributed by atoms with Gasteiger partial charge in [0, 0.05) is 25.2 Å². The molecule has 1 heterocycles. The average Bonchev–Trinajstić information content (AvgIpc) is 2.63. The maximum Gasteiger partial charge on any atom is 0.251 e. The van der Waals surface area contributed by atoms with E-state index in [1.165, 1.54) is 17.7 Å². The number of nitrogens with one attached hydrogen (secondary N) is 1. The summed E-state index contributed by atoms with van der Waals surface area (Å²) in [7, 11) is 0. The Hall–Kier alpha value is -2.24. The smallest absolute Gasteiger partial charge is 0.251 e. The van der Waals surface area contributed by atoms with Crippen LogP contribution in [0, 0.1) is 5.82 Å². The van der Waals surface area contributed by atoms with Gasteiger partial charge in [0.15, 0.2) is 0 Å². The van der Waals surface area contributed by atoms with Crippen LogP contribution in [0.2, 0.25) is 0 Å². The van der Waals surface area contributed by atoms with Crippen LogP contribution in [-0.2, 0) is 11.3 Å². The van der Waals surface area contributed by atoms with Gasteiger partial charge in [-0.2, -0.15) is 0 Å². The molecule has 0 bridgehead atoms. The highest BCUT2D eigenvalue weighted by atomic mass is 19.1. The molecule has 0 aliphatic carbocycles. The number of hydrogen-bond donors (Lipinski definition) is 1. The highest BCUT2D eigenvalue weighted by Crippen LogP contribution is 2.15. The van der Waals surface area contributed by atoms with Crippen LogP contribution in [0.4, 0.5) is 4.39 Å². The van der Waals surface area contributed by atoms with Crippen LogP contribution in [0.5, 0.6) is 0 Å². The van der Waals surface area contributed by atoms with Crippen molar-refractivity contribution in [3.8, 4) is 0 Å². The van der Waals surface area contributed by atoms with E-state index in [9.17, 15) is 9.18 Å². The molecule has 1 saturated heterocycles. The van der Waals surface area contributed by atoms with Crippen molar-refractivity contribution in [1.29, 1.82) is 0 Å². The van der Waals surface area contributed by atoms with Gasteiger partial charge in [0.25, 0.3) is 5.91 Å². The summed E-state index contributed by atoms with van der Waals surface area (Å²) in [5.41, 5.74) is 2.68. The minimum Gasteiger partial charge on any atom is -0.379 e. The summed E-state index contributed by atoms with van der Waals surface area (Å²) in [6.45, 7) is 6.20. The van der Waals surface area contributed by atoms with Crippen LogP contribution in [0.3, 0.4) is 0 Å². The van der Waals surface area contributed by atoms with E-state index in [2.05, 4.69) is 10.2 Å². The summed E-state index contributed by atoms with van der Waals surface area (Å²) >= 11 is 0. The SMILES string of the molecule is CC(NC(=O)c1ccc(CN2CCOCC2)cc1)c1ccc(F)cc1. The van der Waals surface area contributed by atoms with E-state index in [-0.39, 0.29) is 17.8 Å². The number of rotatable bonds is 5. The number of carbonyl (C=O) groups is 1. The Morgan fingerprint density at radius 3 is 2.40 bits per heavy atom. The fourth-order valence-electron chi connectivity index (χ4n) is 2.89. The minimum absolute atomic E-state index is 0.130. The van der Waals surface area contributed by atoms with Gasteiger partial charge in [0.2, 0.25) is 0 Å². The zero-order valence-corrected chi connectivity index (χ0v) is 14.4. The molecule has 1 unspecified atom stereocenters. The van der Waals surface area contributed by atoms with E-state index in [0.717, 1.165) is 38.4 Å². The molecule has 0 saturated carbocycles. The van der Waals surface area contributed by atoms with Gasteiger partial charge >= 0.3 is 0 Å². The van der Waals surface area contributed by atoms with Crippen molar-refractivity contribution in [2.45, 2.75) is 19.5 Å². The predicted molar refractivity (Wildman–Crippen MR) is 94.8 cm³/mol. The Bertz CT molecular complexity index is 695. The molecule has 0 aromatic heterocycles. The van der Waals surface area contributed by atoms with Crippen molar-refractivity contribution in [3.05, 3.63) is 71.0 Å². The van der Waals surface area contributed by atoms with Gasteiger partial charge in [-0.25, -0.2) is 4.39 Å². The molecule has 5 heteroatoms. The van der Waals surface area contributed by atoms with Crippen molar-refractivity contribution >= 4 is 5.91 Å². The molecule has 1 aliphatic heterocycles. The zero-order valence-electron chi connectivity index (χ0n) is 14.4. The Labute approximate surface area is 147 Å². The molecule has 3 rings (SSSR count). The van der Waals surface area contributed by atoms with E-state index in [1.807, 2.05) is 31.2 Å². The maximum absolute atomic E-state index is 13.0. The first-order valence-electron chi connectivity index (χ1n) is 8.57. The van der Waals surface area contributed by atoms with Crippen molar-refractivity contribution < 1.29 is 13.9 Å². The molecule has 1 atom stereocenters. The summed E-state index contributed by atoms with van der Waals surface area (Å²) < 4.78 is 18.3. The van der Waals surface area contributed by atoms with Gasteiger partial charge in [-0.15, -0.1) is 0 Å². The average molecular weight is 342 g/mol. The number of ether oxygens (including phenoxy) is 1. The van der Waals surface area contributed by atoms with Crippen LogP contribution in [-0.4, -0.2) is 37.1 Å². The summed E-state index contributed by atoms with van der Waals surface area (Å²) in [4.78, 5) is 14.7. The fourth-order valence-corrected chi connectivity index (χ4v) is 2.89. The van der Waals surface area contributed by atoms with E-state index in [0.29, 0.717) is 5.56 Å². The van der Waals surface area contributed by atoms with Gasteiger partial charge in [0.05, 0.1) is 19.3 Å². The van der Waals surface area contributed by atoms with Crippen LogP contribution in [0.15, 0.2) is 48.5 Å². The molecule has 1 N–H and O–H groups in total. The second kappa shape index (κ2) is 8.23. The number of benzene rings is 2. The minimum atomic E-state index is -0.280. The van der Waals surface area contributed by atoms with Gasteiger partial charge < -0.3 is 10.1 Å².